The second kappa shape index (κ2) is 7.68. The first-order valence-electron chi connectivity index (χ1n) is 8.64. The fourth-order valence-corrected chi connectivity index (χ4v) is 3.07. The van der Waals surface area contributed by atoms with Crippen molar-refractivity contribution in [1.29, 1.82) is 0 Å². The molecule has 2 aliphatic heterocycles. The topological polar surface area (TPSA) is 40.1 Å². The molecule has 1 aromatic rings. The van der Waals surface area contributed by atoms with Crippen molar-refractivity contribution >= 4 is 5.96 Å². The van der Waals surface area contributed by atoms with Gasteiger partial charge in [0.1, 0.15) is 11.9 Å². The molecule has 1 saturated heterocycles. The highest BCUT2D eigenvalue weighted by atomic mass is 16.5. The number of hydrogen-bond acceptors (Lipinski definition) is 5. The van der Waals surface area contributed by atoms with Crippen LogP contribution in [0.2, 0.25) is 0 Å². The van der Waals surface area contributed by atoms with Crippen LogP contribution in [0.1, 0.15) is 24.8 Å². The number of guanidine groups is 1. The maximum Gasteiger partial charge on any atom is 0.193 e. The zero-order valence-corrected chi connectivity index (χ0v) is 14.3. The third kappa shape index (κ3) is 4.61. The maximum atomic E-state index is 6.09. The molecule has 0 aliphatic carbocycles. The lowest BCUT2D eigenvalue weighted by Crippen LogP contribution is -2.41. The summed E-state index contributed by atoms with van der Waals surface area (Å²) >= 11 is 0. The Morgan fingerprint density at radius 1 is 1.13 bits per heavy atom. The van der Waals surface area contributed by atoms with Gasteiger partial charge in [-0.1, -0.05) is 12.1 Å². The Morgan fingerprint density at radius 3 is 2.57 bits per heavy atom. The van der Waals surface area contributed by atoms with E-state index in [4.69, 9.17) is 4.74 Å². The zero-order chi connectivity index (χ0) is 16.1. The molecular weight excluding hydrogens is 288 g/mol. The number of nitrogens with one attached hydrogen (secondary N) is 1. The van der Waals surface area contributed by atoms with Crippen molar-refractivity contribution in [2.24, 2.45) is 4.99 Å². The molecule has 126 valence electrons. The lowest BCUT2D eigenvalue weighted by Gasteiger charge is -2.29. The molecule has 5 heteroatoms. The van der Waals surface area contributed by atoms with Gasteiger partial charge in [-0.15, -0.1) is 0 Å². The maximum absolute atomic E-state index is 6.09. The van der Waals surface area contributed by atoms with Crippen LogP contribution >= 0.6 is 0 Å². The van der Waals surface area contributed by atoms with Crippen LogP contribution in [0.3, 0.4) is 0 Å². The van der Waals surface area contributed by atoms with Crippen LogP contribution in [-0.2, 0) is 6.54 Å². The van der Waals surface area contributed by atoms with Gasteiger partial charge in [-0.3, -0.25) is 4.99 Å². The SMILES string of the molecule is CN1CCC(Oc2ccc(CNC3=NCCCN3C)cc2)CC1. The highest BCUT2D eigenvalue weighted by Crippen LogP contribution is 2.19. The highest BCUT2D eigenvalue weighted by molar-refractivity contribution is 5.80. The van der Waals surface area contributed by atoms with Crippen LogP contribution in [0.5, 0.6) is 5.75 Å². The Balaban J connectivity index is 1.48. The second-order valence-electron chi connectivity index (χ2n) is 6.60. The lowest BCUT2D eigenvalue weighted by molar-refractivity contribution is 0.114. The lowest BCUT2D eigenvalue weighted by atomic mass is 10.1. The van der Waals surface area contributed by atoms with Crippen molar-refractivity contribution in [1.82, 2.24) is 15.1 Å². The van der Waals surface area contributed by atoms with Crippen LogP contribution in [0.25, 0.3) is 0 Å². The van der Waals surface area contributed by atoms with Gasteiger partial charge in [0.05, 0.1) is 0 Å². The number of rotatable bonds is 4. The number of nitrogens with zero attached hydrogens (tertiary/aromatic N) is 3. The minimum Gasteiger partial charge on any atom is -0.490 e. The quantitative estimate of drug-likeness (QED) is 0.921. The molecule has 0 bridgehead atoms. The standard InChI is InChI=1S/C18H28N4O/c1-21-12-8-17(9-13-21)23-16-6-4-15(5-7-16)14-20-18-19-10-3-11-22(18)2/h4-7,17H,3,8-14H2,1-2H3,(H,19,20). The Kier molecular flexibility index (Phi) is 5.39. The molecule has 0 radical (unpaired) electrons. The van der Waals surface area contributed by atoms with Gasteiger partial charge in [0.25, 0.3) is 0 Å². The summed E-state index contributed by atoms with van der Waals surface area (Å²) in [6.45, 7) is 5.06. The van der Waals surface area contributed by atoms with Crippen LogP contribution in [0.4, 0.5) is 0 Å². The van der Waals surface area contributed by atoms with Gasteiger partial charge in [-0.05, 0) is 44.0 Å². The molecule has 0 aromatic heterocycles. The highest BCUT2D eigenvalue weighted by Gasteiger charge is 2.17. The van der Waals surface area contributed by atoms with Gasteiger partial charge in [0.2, 0.25) is 0 Å². The molecule has 1 aromatic carbocycles. The van der Waals surface area contributed by atoms with Gasteiger partial charge in [0.15, 0.2) is 5.96 Å². The summed E-state index contributed by atoms with van der Waals surface area (Å²) in [4.78, 5) is 9.07. The molecule has 1 N–H and O–H groups in total. The Bertz CT molecular complexity index is 520. The third-order valence-corrected chi connectivity index (χ3v) is 4.62. The Labute approximate surface area is 139 Å². The number of ether oxygens (including phenoxy) is 1. The van der Waals surface area contributed by atoms with Gasteiger partial charge in [0, 0.05) is 39.8 Å². The van der Waals surface area contributed by atoms with Gasteiger partial charge < -0.3 is 19.9 Å². The summed E-state index contributed by atoms with van der Waals surface area (Å²) in [5.74, 6) is 1.98. The van der Waals surface area contributed by atoms with Crippen molar-refractivity contribution in [3.05, 3.63) is 29.8 Å². The molecule has 0 spiro atoms. The molecular formula is C18H28N4O. The first-order chi connectivity index (χ1) is 11.2. The number of hydrogen-bond donors (Lipinski definition) is 1. The van der Waals surface area contributed by atoms with Gasteiger partial charge in [-0.2, -0.15) is 0 Å². The molecule has 0 amide bonds. The number of piperidine rings is 1. The largest absolute Gasteiger partial charge is 0.490 e. The number of benzene rings is 1. The molecule has 5 nitrogen and oxygen atoms in total. The van der Waals surface area contributed by atoms with Crippen LogP contribution in [-0.4, -0.2) is 62.1 Å². The van der Waals surface area contributed by atoms with E-state index in [2.05, 4.69) is 58.5 Å². The van der Waals surface area contributed by atoms with E-state index in [1.807, 2.05) is 0 Å². The molecule has 2 heterocycles. The van der Waals surface area contributed by atoms with E-state index in [9.17, 15) is 0 Å². The van der Waals surface area contributed by atoms with E-state index in [-0.39, 0.29) is 0 Å². The van der Waals surface area contributed by atoms with Gasteiger partial charge in [-0.25, -0.2) is 0 Å². The Hall–Kier alpha value is -1.75. The fraction of sp³-hybridized carbons (Fsp3) is 0.611. The molecule has 3 rings (SSSR count). The molecule has 23 heavy (non-hydrogen) atoms. The number of likely N-dealkylation sites (tertiary alicyclic amines) is 1. The van der Waals surface area contributed by atoms with E-state index in [1.165, 1.54) is 5.56 Å². The Morgan fingerprint density at radius 2 is 1.87 bits per heavy atom. The molecule has 0 saturated carbocycles. The first kappa shape index (κ1) is 16.1. The summed E-state index contributed by atoms with van der Waals surface area (Å²) in [7, 11) is 4.26. The summed E-state index contributed by atoms with van der Waals surface area (Å²) in [5, 5.41) is 3.42. The van der Waals surface area contributed by atoms with Crippen molar-refractivity contribution in [3.63, 3.8) is 0 Å². The summed E-state index contributed by atoms with van der Waals surface area (Å²) < 4.78 is 6.09. The molecule has 0 atom stereocenters. The monoisotopic (exact) mass is 316 g/mol. The summed E-state index contributed by atoms with van der Waals surface area (Å²) in [6.07, 6.45) is 3.74. The van der Waals surface area contributed by atoms with Crippen LogP contribution in [0, 0.1) is 0 Å². The van der Waals surface area contributed by atoms with Gasteiger partial charge >= 0.3 is 0 Å². The van der Waals surface area contributed by atoms with E-state index in [1.54, 1.807) is 0 Å². The van der Waals surface area contributed by atoms with E-state index >= 15 is 0 Å². The molecule has 1 fully saturated rings. The van der Waals surface area contributed by atoms with E-state index in [0.29, 0.717) is 6.10 Å². The van der Waals surface area contributed by atoms with Crippen molar-refractivity contribution in [2.45, 2.75) is 31.9 Å². The van der Waals surface area contributed by atoms with E-state index in [0.717, 1.165) is 63.7 Å². The predicted octanol–water partition coefficient (Wildman–Crippen LogP) is 1.94. The molecule has 2 aliphatic rings. The second-order valence-corrected chi connectivity index (χ2v) is 6.60. The van der Waals surface area contributed by atoms with Crippen LogP contribution in [0.15, 0.2) is 29.3 Å². The summed E-state index contributed by atoms with van der Waals surface area (Å²) in [6, 6.07) is 8.45. The smallest absolute Gasteiger partial charge is 0.193 e. The predicted molar refractivity (Wildman–Crippen MR) is 94.0 cm³/mol. The average Bonchev–Trinajstić information content (AvgIpc) is 2.58. The fourth-order valence-electron chi connectivity index (χ4n) is 3.07. The normalized spacial score (nSPS) is 20.3. The average molecular weight is 316 g/mol. The minimum atomic E-state index is 0.361. The van der Waals surface area contributed by atoms with Crippen molar-refractivity contribution < 1.29 is 4.74 Å². The van der Waals surface area contributed by atoms with E-state index < -0.39 is 0 Å². The summed E-state index contributed by atoms with van der Waals surface area (Å²) in [5.41, 5.74) is 1.25. The zero-order valence-electron chi connectivity index (χ0n) is 14.3. The van der Waals surface area contributed by atoms with Crippen molar-refractivity contribution in [2.75, 3.05) is 40.3 Å². The van der Waals surface area contributed by atoms with Crippen molar-refractivity contribution in [3.8, 4) is 5.75 Å². The first-order valence-corrected chi connectivity index (χ1v) is 8.64. The third-order valence-electron chi connectivity index (χ3n) is 4.62. The molecule has 0 unspecified atom stereocenters. The minimum absolute atomic E-state index is 0.361. The number of aliphatic imine (C=N–C) groups is 1. The van der Waals surface area contributed by atoms with Crippen LogP contribution < -0.4 is 10.1 Å².